The Morgan fingerprint density at radius 2 is 2.16 bits per heavy atom. The van der Waals surface area contributed by atoms with Gasteiger partial charge in [0.15, 0.2) is 11.5 Å². The van der Waals surface area contributed by atoms with E-state index >= 15 is 0 Å². The number of ether oxygens (including phenoxy) is 3. The van der Waals surface area contributed by atoms with Crippen molar-refractivity contribution in [3.05, 3.63) is 22.7 Å². The molecule has 0 aliphatic carbocycles. The van der Waals surface area contributed by atoms with E-state index in [1.165, 1.54) is 7.11 Å². The summed E-state index contributed by atoms with van der Waals surface area (Å²) in [5, 5.41) is 3.32. The molecule has 1 N–H and O–H groups in total. The number of hydrogen-bond donors (Lipinski definition) is 1. The lowest BCUT2D eigenvalue weighted by Crippen LogP contribution is -2.26. The van der Waals surface area contributed by atoms with Gasteiger partial charge in [-0.3, -0.25) is 0 Å². The maximum Gasteiger partial charge on any atom is 0.327 e. The number of halogens is 1. The highest BCUT2D eigenvalue weighted by Gasteiger charge is 2.23. The predicted molar refractivity (Wildman–Crippen MR) is 70.9 cm³/mol. The van der Waals surface area contributed by atoms with Gasteiger partial charge in [0.1, 0.15) is 6.04 Å². The van der Waals surface area contributed by atoms with Crippen molar-refractivity contribution in [3.63, 3.8) is 0 Å². The highest BCUT2D eigenvalue weighted by molar-refractivity contribution is 6.32. The average molecular weight is 286 g/mol. The first-order valence-corrected chi connectivity index (χ1v) is 6.39. The van der Waals surface area contributed by atoms with Gasteiger partial charge in [-0.15, -0.1) is 0 Å². The maximum atomic E-state index is 11.7. The van der Waals surface area contributed by atoms with Gasteiger partial charge in [0.05, 0.1) is 25.3 Å². The predicted octanol–water partition coefficient (Wildman–Crippen LogP) is 1.93. The highest BCUT2D eigenvalue weighted by Crippen LogP contribution is 2.39. The van der Waals surface area contributed by atoms with E-state index in [1.54, 1.807) is 19.2 Å². The molecule has 1 aromatic carbocycles. The Balaban J connectivity index is 2.39. The summed E-state index contributed by atoms with van der Waals surface area (Å²) in [6, 6.07) is 2.86. The molecular formula is C13H16ClNO4. The number of benzene rings is 1. The molecule has 0 spiro atoms. The molecule has 1 aromatic rings. The third kappa shape index (κ3) is 2.93. The second-order valence-electron chi connectivity index (χ2n) is 4.13. The van der Waals surface area contributed by atoms with Gasteiger partial charge in [-0.1, -0.05) is 11.6 Å². The molecule has 0 amide bonds. The van der Waals surface area contributed by atoms with Gasteiger partial charge < -0.3 is 19.5 Å². The molecule has 104 valence electrons. The summed E-state index contributed by atoms with van der Waals surface area (Å²) in [7, 11) is 3.02. The monoisotopic (exact) mass is 285 g/mol. The normalized spacial score (nSPS) is 15.5. The Kier molecular flexibility index (Phi) is 4.50. The Morgan fingerprint density at radius 1 is 1.42 bits per heavy atom. The molecule has 1 unspecified atom stereocenters. The van der Waals surface area contributed by atoms with Gasteiger partial charge in [-0.05, 0) is 24.7 Å². The zero-order valence-corrected chi connectivity index (χ0v) is 11.6. The fourth-order valence-electron chi connectivity index (χ4n) is 1.96. The van der Waals surface area contributed by atoms with Gasteiger partial charge in [-0.2, -0.15) is 0 Å². The van der Waals surface area contributed by atoms with Gasteiger partial charge in [0.25, 0.3) is 0 Å². The fraction of sp³-hybridized carbons (Fsp3) is 0.462. The molecule has 1 heterocycles. The van der Waals surface area contributed by atoms with E-state index in [-0.39, 0.29) is 5.97 Å². The Morgan fingerprint density at radius 3 is 2.84 bits per heavy atom. The smallest absolute Gasteiger partial charge is 0.327 e. The van der Waals surface area contributed by atoms with Crippen molar-refractivity contribution in [2.24, 2.45) is 0 Å². The van der Waals surface area contributed by atoms with Crippen LogP contribution in [0.3, 0.4) is 0 Å². The molecule has 1 aliphatic heterocycles. The molecule has 1 atom stereocenters. The fourth-order valence-corrected chi connectivity index (χ4v) is 2.23. The van der Waals surface area contributed by atoms with Crippen molar-refractivity contribution in [3.8, 4) is 11.5 Å². The molecule has 1 aliphatic rings. The van der Waals surface area contributed by atoms with Crippen LogP contribution in [-0.2, 0) is 9.53 Å². The topological polar surface area (TPSA) is 56.8 Å². The van der Waals surface area contributed by atoms with E-state index in [9.17, 15) is 4.79 Å². The Hall–Kier alpha value is -1.46. The van der Waals surface area contributed by atoms with Crippen molar-refractivity contribution >= 4 is 17.6 Å². The van der Waals surface area contributed by atoms with Crippen molar-refractivity contribution in [1.29, 1.82) is 0 Å². The Bertz CT molecular complexity index is 478. The molecule has 0 aromatic heterocycles. The number of esters is 1. The summed E-state index contributed by atoms with van der Waals surface area (Å²) in [6.45, 7) is 1.13. The molecule has 0 saturated heterocycles. The standard InChI is InChI=1S/C13H16ClNO4/c1-15-11(13(16)17-2)8-6-9(14)12-10(7-8)18-4-3-5-19-12/h6-7,11,15H,3-5H2,1-2H3. The van der Waals surface area contributed by atoms with E-state index in [4.69, 9.17) is 25.8 Å². The van der Waals surface area contributed by atoms with E-state index in [1.807, 2.05) is 0 Å². The molecule has 2 rings (SSSR count). The molecule has 0 fully saturated rings. The third-order valence-corrected chi connectivity index (χ3v) is 3.16. The van der Waals surface area contributed by atoms with Crippen LogP contribution in [0.25, 0.3) is 0 Å². The van der Waals surface area contributed by atoms with Crippen LogP contribution in [-0.4, -0.2) is 33.3 Å². The molecule has 19 heavy (non-hydrogen) atoms. The first-order chi connectivity index (χ1) is 9.17. The van der Waals surface area contributed by atoms with Crippen molar-refractivity contribution in [2.45, 2.75) is 12.5 Å². The largest absolute Gasteiger partial charge is 0.489 e. The number of nitrogens with one attached hydrogen (secondary N) is 1. The number of fused-ring (bicyclic) bond motifs is 1. The number of methoxy groups -OCH3 is 1. The summed E-state index contributed by atoms with van der Waals surface area (Å²) in [5.41, 5.74) is 0.684. The van der Waals surface area contributed by atoms with Crippen molar-refractivity contribution < 1.29 is 19.0 Å². The first kappa shape index (κ1) is 14.0. The van der Waals surface area contributed by atoms with Crippen LogP contribution in [0.4, 0.5) is 0 Å². The SMILES string of the molecule is CNC(C(=O)OC)c1cc(Cl)c2c(c1)OCCCO2. The van der Waals surface area contributed by atoms with Crippen molar-refractivity contribution in [2.75, 3.05) is 27.4 Å². The summed E-state index contributed by atoms with van der Waals surface area (Å²) >= 11 is 6.18. The number of likely N-dealkylation sites (N-methyl/N-ethyl adjacent to an activating group) is 1. The summed E-state index contributed by atoms with van der Waals surface area (Å²) in [4.78, 5) is 11.7. The van der Waals surface area contributed by atoms with Crippen LogP contribution in [0.15, 0.2) is 12.1 Å². The quantitative estimate of drug-likeness (QED) is 0.860. The van der Waals surface area contributed by atoms with Crippen LogP contribution in [0.2, 0.25) is 5.02 Å². The van der Waals surface area contributed by atoms with Gasteiger partial charge in [0.2, 0.25) is 0 Å². The third-order valence-electron chi connectivity index (χ3n) is 2.88. The average Bonchev–Trinajstić information content (AvgIpc) is 2.65. The zero-order chi connectivity index (χ0) is 13.8. The summed E-state index contributed by atoms with van der Waals surface area (Å²) in [6.07, 6.45) is 0.798. The second kappa shape index (κ2) is 6.12. The maximum absolute atomic E-state index is 11.7. The summed E-state index contributed by atoms with van der Waals surface area (Å²) < 4.78 is 15.9. The minimum Gasteiger partial charge on any atom is -0.489 e. The first-order valence-electron chi connectivity index (χ1n) is 6.01. The molecular weight excluding hydrogens is 270 g/mol. The number of rotatable bonds is 3. The highest BCUT2D eigenvalue weighted by atomic mass is 35.5. The van der Waals surface area contributed by atoms with E-state index < -0.39 is 6.04 Å². The molecule has 0 bridgehead atoms. The van der Waals surface area contributed by atoms with Crippen LogP contribution in [0.5, 0.6) is 11.5 Å². The minimum atomic E-state index is -0.584. The molecule has 6 heteroatoms. The van der Waals surface area contributed by atoms with Gasteiger partial charge in [0, 0.05) is 6.42 Å². The second-order valence-corrected chi connectivity index (χ2v) is 4.53. The van der Waals surface area contributed by atoms with E-state index in [0.717, 1.165) is 6.42 Å². The number of carbonyl (C=O) groups is 1. The molecule has 0 saturated carbocycles. The van der Waals surface area contributed by atoms with E-state index in [0.29, 0.717) is 35.3 Å². The van der Waals surface area contributed by atoms with Crippen LogP contribution in [0, 0.1) is 0 Å². The lowest BCUT2D eigenvalue weighted by molar-refractivity contribution is -0.143. The van der Waals surface area contributed by atoms with Crippen molar-refractivity contribution in [1.82, 2.24) is 5.32 Å². The molecule has 0 radical (unpaired) electrons. The molecule has 5 nitrogen and oxygen atoms in total. The van der Waals surface area contributed by atoms with Crippen LogP contribution in [0.1, 0.15) is 18.0 Å². The zero-order valence-electron chi connectivity index (χ0n) is 10.9. The lowest BCUT2D eigenvalue weighted by Gasteiger charge is -2.17. The number of carbonyl (C=O) groups excluding carboxylic acids is 1. The van der Waals surface area contributed by atoms with Crippen LogP contribution < -0.4 is 14.8 Å². The van der Waals surface area contributed by atoms with Crippen LogP contribution >= 0.6 is 11.6 Å². The van der Waals surface area contributed by atoms with Gasteiger partial charge >= 0.3 is 5.97 Å². The number of hydrogen-bond acceptors (Lipinski definition) is 5. The lowest BCUT2D eigenvalue weighted by atomic mass is 10.1. The van der Waals surface area contributed by atoms with E-state index in [2.05, 4.69) is 5.32 Å². The van der Waals surface area contributed by atoms with Gasteiger partial charge in [-0.25, -0.2) is 4.79 Å². The Labute approximate surface area is 116 Å². The summed E-state index contributed by atoms with van der Waals surface area (Å²) in [5.74, 6) is 0.708. The minimum absolute atomic E-state index is 0.381.